The summed E-state index contributed by atoms with van der Waals surface area (Å²) in [6.07, 6.45) is 6.98. The molecule has 0 radical (unpaired) electrons. The summed E-state index contributed by atoms with van der Waals surface area (Å²) < 4.78 is 5.33. The van der Waals surface area contributed by atoms with E-state index in [1.165, 1.54) is 12.8 Å². The van der Waals surface area contributed by atoms with Crippen LogP contribution in [0.5, 0.6) is 0 Å². The molecule has 18 heavy (non-hydrogen) atoms. The standard InChI is InChI=1S/C13H16N4O/c1-14-11-6-2-5-10(11)12-16-13(18-17-12)9-4-3-7-15-8-9/h3-4,7-8,10-11,14H,2,5-6H2,1H3/t10-,11-/m0/s1. The molecule has 0 bridgehead atoms. The van der Waals surface area contributed by atoms with Gasteiger partial charge in [-0.15, -0.1) is 0 Å². The Hall–Kier alpha value is -1.75. The monoisotopic (exact) mass is 244 g/mol. The molecule has 0 saturated heterocycles. The molecule has 1 aliphatic carbocycles. The van der Waals surface area contributed by atoms with Gasteiger partial charge in [-0.05, 0) is 32.0 Å². The van der Waals surface area contributed by atoms with Gasteiger partial charge in [-0.25, -0.2) is 0 Å². The quantitative estimate of drug-likeness (QED) is 0.894. The van der Waals surface area contributed by atoms with Crippen molar-refractivity contribution in [3.05, 3.63) is 30.4 Å². The highest BCUT2D eigenvalue weighted by atomic mass is 16.5. The Morgan fingerprint density at radius 2 is 2.33 bits per heavy atom. The molecule has 0 amide bonds. The lowest BCUT2D eigenvalue weighted by Gasteiger charge is -2.14. The van der Waals surface area contributed by atoms with Crippen molar-refractivity contribution in [2.75, 3.05) is 7.05 Å². The molecule has 0 aliphatic heterocycles. The third kappa shape index (κ3) is 2.01. The molecular formula is C13H16N4O. The van der Waals surface area contributed by atoms with Crippen LogP contribution in [0.1, 0.15) is 31.0 Å². The Morgan fingerprint density at radius 1 is 1.39 bits per heavy atom. The SMILES string of the molecule is CN[C@H]1CCC[C@@H]1c1noc(-c2cccnc2)n1. The van der Waals surface area contributed by atoms with Crippen molar-refractivity contribution in [3.8, 4) is 11.5 Å². The molecule has 1 N–H and O–H groups in total. The highest BCUT2D eigenvalue weighted by molar-refractivity contribution is 5.50. The van der Waals surface area contributed by atoms with Gasteiger partial charge in [0.25, 0.3) is 5.89 Å². The van der Waals surface area contributed by atoms with Crippen molar-refractivity contribution in [3.63, 3.8) is 0 Å². The summed E-state index contributed by atoms with van der Waals surface area (Å²) in [7, 11) is 1.99. The minimum atomic E-state index is 0.365. The van der Waals surface area contributed by atoms with E-state index in [0.717, 1.165) is 17.8 Å². The zero-order valence-electron chi connectivity index (χ0n) is 10.3. The summed E-state index contributed by atoms with van der Waals surface area (Å²) in [6, 6.07) is 4.25. The van der Waals surface area contributed by atoms with Crippen LogP contribution in [0.25, 0.3) is 11.5 Å². The number of hydrogen-bond donors (Lipinski definition) is 1. The maximum absolute atomic E-state index is 5.33. The molecule has 0 spiro atoms. The molecule has 1 saturated carbocycles. The minimum Gasteiger partial charge on any atom is -0.334 e. The fraction of sp³-hybridized carbons (Fsp3) is 0.462. The molecule has 2 atom stereocenters. The Kier molecular flexibility index (Phi) is 3.06. The summed E-state index contributed by atoms with van der Waals surface area (Å²) in [4.78, 5) is 8.56. The Morgan fingerprint density at radius 3 is 3.11 bits per heavy atom. The first-order valence-corrected chi connectivity index (χ1v) is 6.30. The Balaban J connectivity index is 1.86. The number of pyridine rings is 1. The second kappa shape index (κ2) is 4.86. The first kappa shape index (κ1) is 11.3. The van der Waals surface area contributed by atoms with E-state index in [9.17, 15) is 0 Å². The van der Waals surface area contributed by atoms with Crippen molar-refractivity contribution in [2.24, 2.45) is 0 Å². The van der Waals surface area contributed by atoms with Crippen LogP contribution in [0.3, 0.4) is 0 Å². The van der Waals surface area contributed by atoms with E-state index in [4.69, 9.17) is 4.52 Å². The highest BCUT2D eigenvalue weighted by Crippen LogP contribution is 2.33. The average molecular weight is 244 g/mol. The van der Waals surface area contributed by atoms with E-state index in [1.807, 2.05) is 19.2 Å². The maximum Gasteiger partial charge on any atom is 0.259 e. The van der Waals surface area contributed by atoms with Gasteiger partial charge in [0.15, 0.2) is 5.82 Å². The number of likely N-dealkylation sites (N-methyl/N-ethyl adjacent to an activating group) is 1. The zero-order chi connectivity index (χ0) is 12.4. The predicted molar refractivity (Wildman–Crippen MR) is 67.0 cm³/mol. The van der Waals surface area contributed by atoms with Crippen molar-refractivity contribution in [1.29, 1.82) is 0 Å². The third-order valence-electron chi connectivity index (χ3n) is 3.57. The lowest BCUT2D eigenvalue weighted by Crippen LogP contribution is -2.28. The Labute approximate surface area is 106 Å². The van der Waals surface area contributed by atoms with Crippen LogP contribution in [0.4, 0.5) is 0 Å². The molecule has 0 unspecified atom stereocenters. The van der Waals surface area contributed by atoms with Crippen LogP contribution < -0.4 is 5.32 Å². The second-order valence-electron chi connectivity index (χ2n) is 4.63. The lowest BCUT2D eigenvalue weighted by molar-refractivity contribution is 0.405. The molecule has 2 aromatic rings. The highest BCUT2D eigenvalue weighted by Gasteiger charge is 2.31. The number of nitrogens with zero attached hydrogens (tertiary/aromatic N) is 3. The van der Waals surface area contributed by atoms with E-state index in [1.54, 1.807) is 12.4 Å². The molecule has 5 heteroatoms. The molecule has 2 heterocycles. The van der Waals surface area contributed by atoms with Gasteiger partial charge in [-0.3, -0.25) is 4.98 Å². The van der Waals surface area contributed by atoms with Crippen molar-refractivity contribution < 1.29 is 4.52 Å². The molecular weight excluding hydrogens is 228 g/mol. The van der Waals surface area contributed by atoms with Gasteiger partial charge >= 0.3 is 0 Å². The van der Waals surface area contributed by atoms with Gasteiger partial charge in [0, 0.05) is 24.4 Å². The second-order valence-corrected chi connectivity index (χ2v) is 4.63. The van der Waals surface area contributed by atoms with Gasteiger partial charge < -0.3 is 9.84 Å². The van der Waals surface area contributed by atoms with E-state index < -0.39 is 0 Å². The van der Waals surface area contributed by atoms with Gasteiger partial charge in [0.2, 0.25) is 0 Å². The first-order valence-electron chi connectivity index (χ1n) is 6.30. The molecule has 0 aromatic carbocycles. The van der Waals surface area contributed by atoms with E-state index in [2.05, 4.69) is 20.4 Å². The maximum atomic E-state index is 5.33. The summed E-state index contributed by atoms with van der Waals surface area (Å²) in [6.45, 7) is 0. The normalized spacial score (nSPS) is 23.4. The Bertz CT molecular complexity index is 511. The predicted octanol–water partition coefficient (Wildman–Crippen LogP) is 1.99. The largest absolute Gasteiger partial charge is 0.334 e. The van der Waals surface area contributed by atoms with Crippen LogP contribution >= 0.6 is 0 Å². The molecule has 1 aliphatic rings. The molecule has 5 nitrogen and oxygen atoms in total. The van der Waals surface area contributed by atoms with E-state index >= 15 is 0 Å². The molecule has 3 rings (SSSR count). The van der Waals surface area contributed by atoms with Crippen LogP contribution in [-0.4, -0.2) is 28.2 Å². The van der Waals surface area contributed by atoms with Crippen molar-refractivity contribution in [2.45, 2.75) is 31.2 Å². The van der Waals surface area contributed by atoms with Crippen molar-refractivity contribution >= 4 is 0 Å². The van der Waals surface area contributed by atoms with Gasteiger partial charge in [-0.2, -0.15) is 4.98 Å². The van der Waals surface area contributed by atoms with Gasteiger partial charge in [0.1, 0.15) is 0 Å². The summed E-state index contributed by atoms with van der Waals surface area (Å²) in [5.41, 5.74) is 0.871. The van der Waals surface area contributed by atoms with Crippen LogP contribution in [0, 0.1) is 0 Å². The van der Waals surface area contributed by atoms with Crippen LogP contribution in [-0.2, 0) is 0 Å². The fourth-order valence-electron chi connectivity index (χ4n) is 2.61. The van der Waals surface area contributed by atoms with Crippen molar-refractivity contribution in [1.82, 2.24) is 20.4 Å². The first-order chi connectivity index (χ1) is 8.88. The smallest absolute Gasteiger partial charge is 0.259 e. The molecule has 1 fully saturated rings. The summed E-state index contributed by atoms with van der Waals surface area (Å²) in [5, 5.41) is 7.45. The van der Waals surface area contributed by atoms with Crippen LogP contribution in [0.15, 0.2) is 29.0 Å². The average Bonchev–Trinajstić information content (AvgIpc) is 3.08. The third-order valence-corrected chi connectivity index (χ3v) is 3.57. The summed E-state index contributed by atoms with van der Waals surface area (Å²) >= 11 is 0. The lowest BCUT2D eigenvalue weighted by atomic mass is 10.0. The molecule has 94 valence electrons. The number of rotatable bonds is 3. The molecule has 2 aromatic heterocycles. The topological polar surface area (TPSA) is 63.8 Å². The number of nitrogens with one attached hydrogen (secondary N) is 1. The van der Waals surface area contributed by atoms with E-state index in [-0.39, 0.29) is 0 Å². The fourth-order valence-corrected chi connectivity index (χ4v) is 2.61. The van der Waals surface area contributed by atoms with Gasteiger partial charge in [0.05, 0.1) is 5.56 Å². The van der Waals surface area contributed by atoms with E-state index in [0.29, 0.717) is 17.9 Å². The summed E-state index contributed by atoms with van der Waals surface area (Å²) in [5.74, 6) is 1.73. The zero-order valence-corrected chi connectivity index (χ0v) is 10.3. The van der Waals surface area contributed by atoms with Crippen LogP contribution in [0.2, 0.25) is 0 Å². The minimum absolute atomic E-state index is 0.365. The number of aromatic nitrogens is 3. The number of hydrogen-bond acceptors (Lipinski definition) is 5. The van der Waals surface area contributed by atoms with Gasteiger partial charge in [-0.1, -0.05) is 11.6 Å².